The summed E-state index contributed by atoms with van der Waals surface area (Å²) in [5.74, 6) is 1.62. The van der Waals surface area contributed by atoms with Crippen molar-refractivity contribution < 1.29 is 22.7 Å². The molecular formula is C32H31F3N6O2S. The summed E-state index contributed by atoms with van der Waals surface area (Å²) < 4.78 is 42.7. The number of anilines is 1. The van der Waals surface area contributed by atoms with E-state index >= 15 is 0 Å². The van der Waals surface area contributed by atoms with Crippen LogP contribution in [0.2, 0.25) is 0 Å². The molecule has 8 nitrogen and oxygen atoms in total. The topological polar surface area (TPSA) is 84.6 Å². The number of thioether (sulfide) groups is 1. The zero-order valence-corrected chi connectivity index (χ0v) is 25.2. The maximum absolute atomic E-state index is 12.9. The van der Waals surface area contributed by atoms with Crippen molar-refractivity contribution in [3.63, 3.8) is 0 Å². The molecule has 0 bridgehead atoms. The fourth-order valence-corrected chi connectivity index (χ4v) is 6.52. The third kappa shape index (κ3) is 6.59. The summed E-state index contributed by atoms with van der Waals surface area (Å²) >= 11 is 1.60. The van der Waals surface area contributed by atoms with Crippen molar-refractivity contribution in [2.45, 2.75) is 51.4 Å². The van der Waals surface area contributed by atoms with Crippen molar-refractivity contribution in [3.05, 3.63) is 89.7 Å². The summed E-state index contributed by atoms with van der Waals surface area (Å²) in [6.07, 6.45) is -2.41. The fraction of sp³-hybridized carbons (Fsp3) is 0.312. The molecule has 1 saturated carbocycles. The second kappa shape index (κ2) is 12.0. The number of nitrogens with one attached hydrogen (secondary N) is 1. The number of ether oxygens (including phenoxy) is 1. The van der Waals surface area contributed by atoms with Crippen LogP contribution in [0, 0.1) is 6.92 Å². The first-order valence-corrected chi connectivity index (χ1v) is 15.3. The van der Waals surface area contributed by atoms with Crippen molar-refractivity contribution in [3.8, 4) is 22.8 Å². The predicted octanol–water partition coefficient (Wildman–Crippen LogP) is 7.44. The van der Waals surface area contributed by atoms with Gasteiger partial charge in [0.1, 0.15) is 12.1 Å². The second-order valence-electron chi connectivity index (χ2n) is 11.1. The smallest absolute Gasteiger partial charge is 0.406 e. The van der Waals surface area contributed by atoms with Gasteiger partial charge in [-0.15, -0.1) is 18.3 Å². The van der Waals surface area contributed by atoms with Crippen LogP contribution in [0.25, 0.3) is 17.1 Å². The minimum absolute atomic E-state index is 0.0179. The van der Waals surface area contributed by atoms with Crippen molar-refractivity contribution in [2.24, 2.45) is 4.99 Å². The van der Waals surface area contributed by atoms with Crippen LogP contribution in [0.4, 0.5) is 23.7 Å². The fourth-order valence-electron chi connectivity index (χ4n) is 5.57. The minimum Gasteiger partial charge on any atom is -0.406 e. The highest BCUT2D eigenvalue weighted by atomic mass is 32.2. The number of urea groups is 1. The number of nitrogens with zero attached hydrogens (tertiary/aromatic N) is 5. The Morgan fingerprint density at radius 1 is 1.09 bits per heavy atom. The number of hydrogen-bond acceptors (Lipinski definition) is 5. The predicted molar refractivity (Wildman–Crippen MR) is 166 cm³/mol. The molecule has 2 amide bonds. The lowest BCUT2D eigenvalue weighted by Crippen LogP contribution is -2.29. The number of amidine groups is 1. The molecule has 228 valence electrons. The third-order valence-electron chi connectivity index (χ3n) is 7.67. The molecular weight excluding hydrogens is 589 g/mol. The van der Waals surface area contributed by atoms with E-state index in [2.05, 4.69) is 69.0 Å². The van der Waals surface area contributed by atoms with E-state index in [9.17, 15) is 18.0 Å². The normalized spacial score (nSPS) is 19.1. The molecule has 6 rings (SSSR count). The Balaban J connectivity index is 1.07. The van der Waals surface area contributed by atoms with Crippen LogP contribution in [0.1, 0.15) is 48.8 Å². The van der Waals surface area contributed by atoms with Gasteiger partial charge in [0.25, 0.3) is 0 Å². The zero-order chi connectivity index (χ0) is 31.0. The molecule has 1 saturated heterocycles. The minimum atomic E-state index is -4.75. The van der Waals surface area contributed by atoms with E-state index in [1.807, 2.05) is 24.3 Å². The standard InChI is InChI=1S/C32H31F3N6O2S/c1-19(2)28-20(3)5-4-6-27(28)40-15-16-44-31(40)38-30(42)37-26-17-25(26)21-7-9-22(10-8-21)29-36-18-41(39-29)23-11-13-24(14-12-23)43-32(33,34)35/h4-14,18-19,25-26H,15-17H2,1-3H3,(H,37,42). The molecule has 1 aliphatic heterocycles. The molecule has 0 spiro atoms. The molecule has 1 aromatic heterocycles. The number of hydrogen-bond donors (Lipinski definition) is 1. The highest BCUT2D eigenvalue weighted by Crippen LogP contribution is 2.41. The molecule has 12 heteroatoms. The molecule has 2 heterocycles. The molecule has 2 fully saturated rings. The monoisotopic (exact) mass is 620 g/mol. The number of carbonyl (C=O) groups excluding carboxylic acids is 1. The van der Waals surface area contributed by atoms with Crippen LogP contribution in [0.5, 0.6) is 5.75 Å². The van der Waals surface area contributed by atoms with Crippen molar-refractivity contribution >= 4 is 28.6 Å². The summed E-state index contributed by atoms with van der Waals surface area (Å²) in [6.45, 7) is 7.31. The Hall–Kier alpha value is -4.32. The number of halogens is 3. The highest BCUT2D eigenvalue weighted by molar-refractivity contribution is 8.14. The first kappa shape index (κ1) is 29.7. The Morgan fingerprint density at radius 3 is 2.55 bits per heavy atom. The summed E-state index contributed by atoms with van der Waals surface area (Å²) in [6, 6.07) is 19.2. The van der Waals surface area contributed by atoms with E-state index in [0.717, 1.165) is 40.7 Å². The molecule has 4 aromatic rings. The molecule has 1 N–H and O–H groups in total. The number of rotatable bonds is 7. The van der Waals surface area contributed by atoms with E-state index in [1.54, 1.807) is 11.8 Å². The van der Waals surface area contributed by atoms with Crippen molar-refractivity contribution in [2.75, 3.05) is 17.2 Å². The van der Waals surface area contributed by atoms with E-state index < -0.39 is 6.36 Å². The lowest BCUT2D eigenvalue weighted by molar-refractivity contribution is -0.274. The Labute approximate surface area is 257 Å². The zero-order valence-electron chi connectivity index (χ0n) is 24.4. The SMILES string of the molecule is Cc1cccc(N2CCSC2=NC(=O)NC2CC2c2ccc(-c3ncn(-c4ccc(OC(F)(F)F)cc4)n3)cc2)c1C(C)C. The number of amides is 2. The number of aryl methyl sites for hydroxylation is 1. The first-order valence-electron chi connectivity index (χ1n) is 14.3. The van der Waals surface area contributed by atoms with Gasteiger partial charge in [-0.05, 0) is 66.3 Å². The quantitative estimate of drug-likeness (QED) is 0.231. The lowest BCUT2D eigenvalue weighted by atomic mass is 9.95. The summed E-state index contributed by atoms with van der Waals surface area (Å²) in [5.41, 5.74) is 6.09. The number of carbonyl (C=O) groups is 1. The largest absolute Gasteiger partial charge is 0.573 e. The lowest BCUT2D eigenvalue weighted by Gasteiger charge is -2.24. The van der Waals surface area contributed by atoms with E-state index in [1.165, 1.54) is 46.4 Å². The molecule has 0 radical (unpaired) electrons. The average molecular weight is 621 g/mol. The van der Waals surface area contributed by atoms with E-state index in [0.29, 0.717) is 17.4 Å². The maximum Gasteiger partial charge on any atom is 0.573 e. The molecule has 44 heavy (non-hydrogen) atoms. The number of alkyl halides is 3. The van der Waals surface area contributed by atoms with Crippen LogP contribution in [0.15, 0.2) is 78.0 Å². The summed E-state index contributed by atoms with van der Waals surface area (Å²) in [7, 11) is 0. The van der Waals surface area contributed by atoms with Gasteiger partial charge in [-0.3, -0.25) is 0 Å². The molecule has 2 aliphatic rings. The molecule has 2 unspecified atom stereocenters. The highest BCUT2D eigenvalue weighted by Gasteiger charge is 2.40. The van der Waals surface area contributed by atoms with Crippen LogP contribution in [-0.2, 0) is 0 Å². The van der Waals surface area contributed by atoms with Gasteiger partial charge in [0.05, 0.1) is 5.69 Å². The molecule has 2 atom stereocenters. The number of aromatic nitrogens is 3. The second-order valence-corrected chi connectivity index (χ2v) is 12.2. The summed E-state index contributed by atoms with van der Waals surface area (Å²) in [4.78, 5) is 23.9. The van der Waals surface area contributed by atoms with Crippen LogP contribution >= 0.6 is 11.8 Å². The van der Waals surface area contributed by atoms with Crippen LogP contribution < -0.4 is 15.0 Å². The number of aliphatic imine (C=N–C) groups is 1. The van der Waals surface area contributed by atoms with Gasteiger partial charge < -0.3 is 15.0 Å². The Morgan fingerprint density at radius 2 is 1.84 bits per heavy atom. The van der Waals surface area contributed by atoms with Crippen LogP contribution in [-0.4, -0.2) is 50.7 Å². The molecule has 1 aliphatic carbocycles. The van der Waals surface area contributed by atoms with Gasteiger partial charge in [0, 0.05) is 35.5 Å². The van der Waals surface area contributed by atoms with Crippen molar-refractivity contribution in [1.82, 2.24) is 20.1 Å². The number of benzene rings is 3. The summed E-state index contributed by atoms with van der Waals surface area (Å²) in [5, 5.41) is 8.26. The van der Waals surface area contributed by atoms with Gasteiger partial charge in [-0.1, -0.05) is 62.0 Å². The third-order valence-corrected chi connectivity index (χ3v) is 8.62. The van der Waals surface area contributed by atoms with Crippen molar-refractivity contribution in [1.29, 1.82) is 0 Å². The Bertz CT molecular complexity index is 1690. The van der Waals surface area contributed by atoms with Gasteiger partial charge in [-0.25, -0.2) is 14.5 Å². The Kier molecular flexibility index (Phi) is 8.10. The average Bonchev–Trinajstić information content (AvgIpc) is 3.33. The maximum atomic E-state index is 12.9. The molecule has 3 aromatic carbocycles. The van der Waals surface area contributed by atoms with Gasteiger partial charge in [0.15, 0.2) is 11.0 Å². The first-order chi connectivity index (χ1) is 21.1. The van der Waals surface area contributed by atoms with E-state index in [4.69, 9.17) is 0 Å². The van der Waals surface area contributed by atoms with Gasteiger partial charge >= 0.3 is 12.4 Å². The van der Waals surface area contributed by atoms with E-state index in [-0.39, 0.29) is 23.7 Å². The van der Waals surface area contributed by atoms with Gasteiger partial charge in [-0.2, -0.15) is 4.99 Å². The van der Waals surface area contributed by atoms with Gasteiger partial charge in [0.2, 0.25) is 0 Å². The van der Waals surface area contributed by atoms with Crippen LogP contribution in [0.3, 0.4) is 0 Å².